The van der Waals surface area contributed by atoms with Gasteiger partial charge in [-0.2, -0.15) is 4.31 Å². The summed E-state index contributed by atoms with van der Waals surface area (Å²) < 4.78 is 33.0. The minimum atomic E-state index is -3.79. The molecule has 0 aliphatic carbocycles. The van der Waals surface area contributed by atoms with E-state index in [1.807, 2.05) is 13.0 Å². The predicted molar refractivity (Wildman–Crippen MR) is 121 cm³/mol. The standard InChI is InChI=1S/C21H23ClN4O5S/c1-13-3-4-15(11-17(13)22)23-21(28)25-7-9-26(10-8-25)32(29,30)16-5-6-19-18(12-16)24-20(27)14(2)31-19/h3-6,11-12,14H,7-10H2,1-2H3,(H,23,28)(H,24,27)/t14-/m1/s1. The first-order chi connectivity index (χ1) is 15.1. The van der Waals surface area contributed by atoms with Crippen LogP contribution in [-0.2, 0) is 14.8 Å². The summed E-state index contributed by atoms with van der Waals surface area (Å²) in [6.45, 7) is 4.28. The number of rotatable bonds is 3. The lowest BCUT2D eigenvalue weighted by Crippen LogP contribution is -2.51. The Morgan fingerprint density at radius 3 is 2.56 bits per heavy atom. The maximum absolute atomic E-state index is 13.1. The third-order valence-corrected chi connectivity index (χ3v) is 7.77. The van der Waals surface area contributed by atoms with Crippen LogP contribution in [0, 0.1) is 6.92 Å². The Hall–Kier alpha value is -2.82. The number of aryl methyl sites for hydroxylation is 1. The highest BCUT2D eigenvalue weighted by molar-refractivity contribution is 7.89. The highest BCUT2D eigenvalue weighted by Crippen LogP contribution is 2.33. The van der Waals surface area contributed by atoms with Gasteiger partial charge in [0.15, 0.2) is 6.10 Å². The van der Waals surface area contributed by atoms with E-state index in [1.54, 1.807) is 24.0 Å². The Morgan fingerprint density at radius 1 is 1.16 bits per heavy atom. The van der Waals surface area contributed by atoms with Crippen molar-refractivity contribution in [2.45, 2.75) is 24.8 Å². The molecule has 9 nitrogen and oxygen atoms in total. The first kappa shape index (κ1) is 22.4. The average molecular weight is 479 g/mol. The molecule has 0 spiro atoms. The van der Waals surface area contributed by atoms with Crippen molar-refractivity contribution in [2.75, 3.05) is 36.8 Å². The highest BCUT2D eigenvalue weighted by Gasteiger charge is 2.32. The zero-order valence-electron chi connectivity index (χ0n) is 17.6. The normalized spacial score (nSPS) is 19.0. The van der Waals surface area contributed by atoms with Gasteiger partial charge in [-0.15, -0.1) is 0 Å². The fourth-order valence-electron chi connectivity index (χ4n) is 3.50. The van der Waals surface area contributed by atoms with E-state index in [2.05, 4.69) is 10.6 Å². The van der Waals surface area contributed by atoms with Crippen molar-refractivity contribution in [1.82, 2.24) is 9.21 Å². The van der Waals surface area contributed by atoms with Gasteiger partial charge in [-0.3, -0.25) is 4.79 Å². The number of carbonyl (C=O) groups is 2. The van der Waals surface area contributed by atoms with Crippen molar-refractivity contribution in [3.8, 4) is 5.75 Å². The Bertz CT molecular complexity index is 1180. The number of carbonyl (C=O) groups excluding carboxylic acids is 2. The Morgan fingerprint density at radius 2 is 1.88 bits per heavy atom. The molecule has 0 radical (unpaired) electrons. The number of urea groups is 1. The number of hydrogen-bond acceptors (Lipinski definition) is 5. The molecule has 2 heterocycles. The number of nitrogens with zero attached hydrogens (tertiary/aromatic N) is 2. The molecule has 0 aromatic heterocycles. The summed E-state index contributed by atoms with van der Waals surface area (Å²) in [7, 11) is -3.79. The second kappa shape index (κ2) is 8.61. The molecule has 2 aliphatic rings. The molecule has 1 saturated heterocycles. The van der Waals surface area contributed by atoms with Crippen LogP contribution in [0.5, 0.6) is 5.75 Å². The molecule has 1 atom stereocenters. The molecule has 170 valence electrons. The van der Waals surface area contributed by atoms with E-state index in [1.165, 1.54) is 22.5 Å². The van der Waals surface area contributed by atoms with Crippen LogP contribution in [0.2, 0.25) is 5.02 Å². The summed E-state index contributed by atoms with van der Waals surface area (Å²) in [5.41, 5.74) is 1.81. The highest BCUT2D eigenvalue weighted by atomic mass is 35.5. The van der Waals surface area contributed by atoms with Gasteiger partial charge in [-0.1, -0.05) is 17.7 Å². The summed E-state index contributed by atoms with van der Waals surface area (Å²) in [6.07, 6.45) is -0.639. The van der Waals surface area contributed by atoms with Crippen LogP contribution in [0.3, 0.4) is 0 Å². The Kier molecular flexibility index (Phi) is 6.02. The van der Waals surface area contributed by atoms with Crippen LogP contribution < -0.4 is 15.4 Å². The lowest BCUT2D eigenvalue weighted by atomic mass is 10.2. The van der Waals surface area contributed by atoms with Crippen molar-refractivity contribution < 1.29 is 22.7 Å². The third kappa shape index (κ3) is 4.38. The minimum Gasteiger partial charge on any atom is -0.479 e. The van der Waals surface area contributed by atoms with E-state index in [9.17, 15) is 18.0 Å². The van der Waals surface area contributed by atoms with Gasteiger partial charge in [-0.05, 0) is 49.7 Å². The van der Waals surface area contributed by atoms with Gasteiger partial charge in [-0.25, -0.2) is 13.2 Å². The van der Waals surface area contributed by atoms with Crippen molar-refractivity contribution in [2.24, 2.45) is 0 Å². The monoisotopic (exact) mass is 478 g/mol. The van der Waals surface area contributed by atoms with Crippen molar-refractivity contribution >= 4 is 44.9 Å². The average Bonchev–Trinajstić information content (AvgIpc) is 2.77. The SMILES string of the molecule is Cc1ccc(NC(=O)N2CCN(S(=O)(=O)c3ccc4c(c3)NC(=O)[C@@H](C)O4)CC2)cc1Cl. The summed E-state index contributed by atoms with van der Waals surface area (Å²) >= 11 is 6.10. The summed E-state index contributed by atoms with van der Waals surface area (Å²) in [6, 6.07) is 9.33. The summed E-state index contributed by atoms with van der Waals surface area (Å²) in [5, 5.41) is 6.00. The molecule has 2 aromatic rings. The maximum atomic E-state index is 13.1. The van der Waals surface area contributed by atoms with E-state index in [4.69, 9.17) is 16.3 Å². The van der Waals surface area contributed by atoms with Crippen LogP contribution in [0.25, 0.3) is 0 Å². The number of benzene rings is 2. The van der Waals surface area contributed by atoms with Gasteiger partial charge in [0.1, 0.15) is 5.75 Å². The van der Waals surface area contributed by atoms with Crippen LogP contribution in [0.15, 0.2) is 41.3 Å². The molecule has 0 unspecified atom stereocenters. The molecule has 32 heavy (non-hydrogen) atoms. The predicted octanol–water partition coefficient (Wildman–Crippen LogP) is 2.91. The molecular weight excluding hydrogens is 456 g/mol. The van der Waals surface area contributed by atoms with Crippen LogP contribution in [0.1, 0.15) is 12.5 Å². The molecule has 2 N–H and O–H groups in total. The second-order valence-electron chi connectivity index (χ2n) is 7.69. The number of nitrogens with one attached hydrogen (secondary N) is 2. The van der Waals surface area contributed by atoms with Crippen molar-refractivity contribution in [3.05, 3.63) is 47.0 Å². The van der Waals surface area contributed by atoms with E-state index in [0.717, 1.165) is 5.56 Å². The number of sulfonamides is 1. The number of anilines is 2. The molecular formula is C21H23ClN4O5S. The lowest BCUT2D eigenvalue weighted by molar-refractivity contribution is -0.122. The van der Waals surface area contributed by atoms with E-state index in [0.29, 0.717) is 22.1 Å². The fraction of sp³-hybridized carbons (Fsp3) is 0.333. The third-order valence-electron chi connectivity index (χ3n) is 5.47. The Balaban J connectivity index is 1.41. The number of piperazine rings is 1. The molecule has 2 aromatic carbocycles. The summed E-state index contributed by atoms with van der Waals surface area (Å²) in [5.74, 6) is 0.0929. The molecule has 3 amide bonds. The van der Waals surface area contributed by atoms with E-state index < -0.39 is 16.1 Å². The number of fused-ring (bicyclic) bond motifs is 1. The van der Waals surface area contributed by atoms with Gasteiger partial charge in [0.2, 0.25) is 10.0 Å². The molecule has 2 aliphatic heterocycles. The van der Waals surface area contributed by atoms with Gasteiger partial charge < -0.3 is 20.3 Å². The second-order valence-corrected chi connectivity index (χ2v) is 10.0. The summed E-state index contributed by atoms with van der Waals surface area (Å²) in [4.78, 5) is 26.0. The van der Waals surface area contributed by atoms with Gasteiger partial charge in [0, 0.05) is 36.9 Å². The maximum Gasteiger partial charge on any atom is 0.321 e. The fourth-order valence-corrected chi connectivity index (χ4v) is 5.13. The number of amides is 3. The van der Waals surface area contributed by atoms with Crippen LogP contribution in [0.4, 0.5) is 16.2 Å². The number of ether oxygens (including phenoxy) is 1. The molecule has 0 bridgehead atoms. The largest absolute Gasteiger partial charge is 0.479 e. The topological polar surface area (TPSA) is 108 Å². The molecule has 0 saturated carbocycles. The first-order valence-corrected chi connectivity index (χ1v) is 11.9. The van der Waals surface area contributed by atoms with E-state index in [-0.39, 0.29) is 43.0 Å². The zero-order chi connectivity index (χ0) is 23.0. The van der Waals surface area contributed by atoms with Crippen LogP contribution >= 0.6 is 11.6 Å². The number of hydrogen-bond donors (Lipinski definition) is 2. The molecule has 11 heteroatoms. The quantitative estimate of drug-likeness (QED) is 0.705. The minimum absolute atomic E-state index is 0.0573. The van der Waals surface area contributed by atoms with Crippen molar-refractivity contribution in [3.63, 3.8) is 0 Å². The smallest absolute Gasteiger partial charge is 0.321 e. The zero-order valence-corrected chi connectivity index (χ0v) is 19.2. The van der Waals surface area contributed by atoms with Crippen molar-refractivity contribution in [1.29, 1.82) is 0 Å². The number of halogens is 1. The van der Waals surface area contributed by atoms with Crippen LogP contribution in [-0.4, -0.2) is 61.8 Å². The van der Waals surface area contributed by atoms with Gasteiger partial charge >= 0.3 is 6.03 Å². The lowest BCUT2D eigenvalue weighted by Gasteiger charge is -2.34. The first-order valence-electron chi connectivity index (χ1n) is 10.1. The van der Waals surface area contributed by atoms with E-state index >= 15 is 0 Å². The molecule has 1 fully saturated rings. The van der Waals surface area contributed by atoms with Gasteiger partial charge in [0.25, 0.3) is 5.91 Å². The molecule has 4 rings (SSSR count). The Labute approximate surface area is 191 Å². The van der Waals surface area contributed by atoms with Gasteiger partial charge in [0.05, 0.1) is 10.6 Å².